The summed E-state index contributed by atoms with van der Waals surface area (Å²) in [5.41, 5.74) is 5.55. The average molecular weight is 1250 g/mol. The third-order valence-corrected chi connectivity index (χ3v) is 17.4. The normalized spacial score (nSPS) is 11.8. The maximum Gasteiger partial charge on any atom is 0.534 e. The van der Waals surface area contributed by atoms with Crippen molar-refractivity contribution in [2.24, 2.45) is 0 Å². The molecular weight excluding hydrogens is 1190 g/mol. The highest BCUT2D eigenvalue weighted by Crippen LogP contribution is 2.33. The maximum absolute atomic E-state index is 12.1. The number of phenols is 1. The van der Waals surface area contributed by atoms with E-state index in [1.54, 1.807) is 30.6 Å². The minimum absolute atomic E-state index is 0.283. The van der Waals surface area contributed by atoms with Gasteiger partial charge in [0.2, 0.25) is 0 Å². The maximum atomic E-state index is 12.1. The molecule has 6 heterocycles. The molecule has 14 aromatic rings. The molecule has 454 valence electrons. The molecule has 0 aliphatic heterocycles. The quantitative estimate of drug-likeness (QED) is 0.0487. The summed E-state index contributed by atoms with van der Waals surface area (Å²) < 4.78 is 69.9. The summed E-state index contributed by atoms with van der Waals surface area (Å²) in [6, 6.07) is 64.4. The molecular formula is C73H61F3N8O5SSi. The van der Waals surface area contributed by atoms with Crippen LogP contribution >= 0.6 is 0 Å². The molecule has 6 aromatic heterocycles. The highest BCUT2D eigenvalue weighted by Gasteiger charge is 2.48. The number of nitrogens with zero attached hydrogens (tertiary/aromatic N) is 7. The van der Waals surface area contributed by atoms with E-state index in [9.17, 15) is 21.6 Å². The number of ether oxygens (including phenoxy) is 1. The van der Waals surface area contributed by atoms with E-state index in [4.69, 9.17) is 14.9 Å². The molecule has 8 aromatic carbocycles. The van der Waals surface area contributed by atoms with E-state index in [-0.39, 0.29) is 5.75 Å². The lowest BCUT2D eigenvalue weighted by molar-refractivity contribution is -0.0500. The molecule has 0 saturated carbocycles. The number of hydrogen-bond donors (Lipinski definition) is 2. The fraction of sp³-hybridized carbons (Fsp3) is 0.0959. The number of fused-ring (bicyclic) bond motifs is 6. The Labute approximate surface area is 524 Å². The van der Waals surface area contributed by atoms with Crippen molar-refractivity contribution in [1.29, 1.82) is 0 Å². The topological polar surface area (TPSA) is 171 Å². The lowest BCUT2D eigenvalue weighted by atomic mass is 10.0. The molecule has 2 N–H and O–H groups in total. The summed E-state index contributed by atoms with van der Waals surface area (Å²) in [5, 5.41) is 31.8. The summed E-state index contributed by atoms with van der Waals surface area (Å²) >= 11 is 0. The van der Waals surface area contributed by atoms with Gasteiger partial charge in [0, 0.05) is 96.6 Å². The lowest BCUT2D eigenvalue weighted by Crippen LogP contribution is -2.28. The van der Waals surface area contributed by atoms with E-state index in [2.05, 4.69) is 187 Å². The van der Waals surface area contributed by atoms with Crippen LogP contribution in [-0.2, 0) is 21.6 Å². The first-order valence-corrected chi connectivity index (χ1v) is 34.2. The Kier molecular flexibility index (Phi) is 18.9. The highest BCUT2D eigenvalue weighted by atomic mass is 32.2. The van der Waals surface area contributed by atoms with Crippen LogP contribution in [0.1, 0.15) is 22.5 Å². The van der Waals surface area contributed by atoms with Crippen LogP contribution in [0.25, 0.3) is 111 Å². The van der Waals surface area contributed by atoms with Crippen molar-refractivity contribution < 1.29 is 35.6 Å². The number of aromatic nitrogens is 8. The Morgan fingerprint density at radius 2 is 0.989 bits per heavy atom. The SMILES string of the molecule is C(=C\c1n[nH]c2ccc(-c3ccc4ccncc4c3)cc12)/c1ccccc1.C[Si](C)(C)CCOCn1nc(/C=C/c2ccccc2)c2cc(-c3ccc4ccncc4c3)ccc21.O=S(=O)(Oc1ccc2ccncc2c1)C(F)(F)F.Oc1ccc2ccncc2c1. The Hall–Kier alpha value is -10.7. The van der Waals surface area contributed by atoms with Gasteiger partial charge in [-0.1, -0.05) is 141 Å². The molecule has 0 saturated heterocycles. The minimum atomic E-state index is -5.64. The van der Waals surface area contributed by atoms with E-state index in [1.165, 1.54) is 52.0 Å². The van der Waals surface area contributed by atoms with E-state index in [0.29, 0.717) is 17.5 Å². The number of H-pyrrole nitrogens is 1. The van der Waals surface area contributed by atoms with Gasteiger partial charge in [-0.05, 0) is 158 Å². The number of benzene rings is 8. The molecule has 0 amide bonds. The summed E-state index contributed by atoms with van der Waals surface area (Å²) in [7, 11) is -6.77. The molecule has 0 aliphatic carbocycles. The number of phenolic OH excluding ortho intramolecular Hbond substituents is 1. The van der Waals surface area contributed by atoms with Crippen LogP contribution in [0.15, 0.2) is 244 Å². The van der Waals surface area contributed by atoms with Crippen LogP contribution in [0.3, 0.4) is 0 Å². The largest absolute Gasteiger partial charge is 0.534 e. The van der Waals surface area contributed by atoms with Gasteiger partial charge in [-0.2, -0.15) is 31.8 Å². The van der Waals surface area contributed by atoms with Crippen LogP contribution in [0, 0.1) is 0 Å². The van der Waals surface area contributed by atoms with Gasteiger partial charge >= 0.3 is 15.6 Å². The first-order chi connectivity index (χ1) is 44.0. The summed E-state index contributed by atoms with van der Waals surface area (Å²) in [6.45, 7) is 8.35. The number of hydrogen-bond acceptors (Lipinski definition) is 11. The molecule has 0 atom stereocenters. The number of aromatic amines is 1. The smallest absolute Gasteiger partial charge is 0.508 e. The predicted molar refractivity (Wildman–Crippen MR) is 363 cm³/mol. The van der Waals surface area contributed by atoms with Crippen molar-refractivity contribution in [3.8, 4) is 33.8 Å². The Balaban J connectivity index is 0.000000134. The third-order valence-electron chi connectivity index (χ3n) is 14.7. The first kappa shape index (κ1) is 62.0. The number of rotatable bonds is 13. The van der Waals surface area contributed by atoms with Gasteiger partial charge in [0.15, 0.2) is 0 Å². The molecule has 0 radical (unpaired) electrons. The molecule has 0 fully saturated rings. The summed E-state index contributed by atoms with van der Waals surface area (Å²) in [5.74, 6) is -0.127. The van der Waals surface area contributed by atoms with E-state index < -0.39 is 29.4 Å². The number of halogens is 3. The minimum Gasteiger partial charge on any atom is -0.508 e. The second-order valence-electron chi connectivity index (χ2n) is 22.5. The lowest BCUT2D eigenvalue weighted by Gasteiger charge is -2.15. The third kappa shape index (κ3) is 16.0. The molecule has 91 heavy (non-hydrogen) atoms. The van der Waals surface area contributed by atoms with Crippen LogP contribution in [0.5, 0.6) is 11.5 Å². The van der Waals surface area contributed by atoms with Gasteiger partial charge in [-0.15, -0.1) is 0 Å². The molecule has 13 nitrogen and oxygen atoms in total. The van der Waals surface area contributed by atoms with Gasteiger partial charge in [-0.25, -0.2) is 4.68 Å². The fourth-order valence-corrected chi connectivity index (χ4v) is 11.1. The van der Waals surface area contributed by atoms with Crippen LogP contribution in [0.4, 0.5) is 13.2 Å². The van der Waals surface area contributed by atoms with Crippen molar-refractivity contribution in [2.75, 3.05) is 6.61 Å². The van der Waals surface area contributed by atoms with E-state index in [0.717, 1.165) is 90.1 Å². The molecule has 0 aliphatic rings. The van der Waals surface area contributed by atoms with Crippen molar-refractivity contribution in [3.63, 3.8) is 0 Å². The number of alkyl halides is 3. The fourth-order valence-electron chi connectivity index (χ4n) is 9.84. The molecule has 14 rings (SSSR count). The first-order valence-electron chi connectivity index (χ1n) is 29.1. The summed E-state index contributed by atoms with van der Waals surface area (Å²) in [6.07, 6.45) is 22.2. The van der Waals surface area contributed by atoms with Crippen molar-refractivity contribution in [1.82, 2.24) is 39.9 Å². The van der Waals surface area contributed by atoms with Gasteiger partial charge in [0.05, 0.1) is 22.4 Å². The molecule has 0 unspecified atom stereocenters. The second-order valence-corrected chi connectivity index (χ2v) is 29.6. The summed E-state index contributed by atoms with van der Waals surface area (Å²) in [4.78, 5) is 16.2. The second kappa shape index (κ2) is 27.8. The zero-order valence-corrected chi connectivity index (χ0v) is 51.6. The Morgan fingerprint density at radius 1 is 0.516 bits per heavy atom. The molecule has 0 bridgehead atoms. The highest BCUT2D eigenvalue weighted by molar-refractivity contribution is 7.88. The number of pyridine rings is 4. The van der Waals surface area contributed by atoms with Gasteiger partial charge in [0.25, 0.3) is 0 Å². The Morgan fingerprint density at radius 3 is 1.54 bits per heavy atom. The van der Waals surface area contributed by atoms with E-state index >= 15 is 0 Å². The number of nitrogens with one attached hydrogen (secondary N) is 1. The molecule has 0 spiro atoms. The van der Waals surface area contributed by atoms with E-state index in [1.807, 2.05) is 78.0 Å². The monoisotopic (exact) mass is 1250 g/mol. The van der Waals surface area contributed by atoms with Gasteiger partial charge in [-0.3, -0.25) is 25.0 Å². The standard InChI is InChI=1S/C30H31N3OSi.C24H17N3.C10H6F3NO3S.C9H7NO/c1-35(2,3)18-17-34-22-33-30-14-12-26(25-11-10-24-15-16-31-21-27(24)19-25)20-28(30)29(32-33)13-9-23-7-5-4-6-8-23;1-2-4-17(5-3-1)6-10-23-22-15-20(9-11-24(22)27-26-23)19-8-7-18-12-13-25-16-21(18)14-19;11-10(12,13)18(15,16)17-9-2-1-7-3-4-14-6-8(7)5-9;11-9-2-1-7-3-4-10-6-8(7)5-9/h4-16,19-21H,17-18,22H2,1-3H3;1-16H,(H,26,27);1-6H;1-6,11H/b13-9+;10-6+;;. The zero-order valence-electron chi connectivity index (χ0n) is 49.8. The van der Waals surface area contributed by atoms with Crippen LogP contribution in [-0.4, -0.2) is 73.6 Å². The van der Waals surface area contributed by atoms with Crippen molar-refractivity contribution in [3.05, 3.63) is 266 Å². The molecule has 18 heteroatoms. The van der Waals surface area contributed by atoms with Crippen molar-refractivity contribution >= 4 is 107 Å². The van der Waals surface area contributed by atoms with Gasteiger partial charge in [0.1, 0.15) is 18.2 Å². The van der Waals surface area contributed by atoms with Crippen molar-refractivity contribution in [2.45, 2.75) is 37.9 Å². The predicted octanol–water partition coefficient (Wildman–Crippen LogP) is 18.1. The van der Waals surface area contributed by atoms with Crippen LogP contribution < -0.4 is 4.18 Å². The Bertz CT molecular complexity index is 5020. The average Bonchev–Trinajstić information content (AvgIpc) is 1.77. The zero-order chi connectivity index (χ0) is 63.4. The van der Waals surface area contributed by atoms with Crippen LogP contribution in [0.2, 0.25) is 25.7 Å². The number of aromatic hydroxyl groups is 1. The van der Waals surface area contributed by atoms with Gasteiger partial charge < -0.3 is 14.0 Å².